The van der Waals surface area contributed by atoms with Gasteiger partial charge in [-0.3, -0.25) is 0 Å². The van der Waals surface area contributed by atoms with Crippen LogP contribution in [0.15, 0.2) is 74.2 Å². The maximum atomic E-state index is 12.5. The van der Waals surface area contributed by atoms with E-state index in [-0.39, 0.29) is 0 Å². The number of halogens is 3. The molecule has 2 rings (SSSR count). The van der Waals surface area contributed by atoms with E-state index in [0.29, 0.717) is 9.79 Å². The second kappa shape index (κ2) is 5.98. The lowest BCUT2D eigenvalue weighted by Gasteiger charge is -2.10. The fourth-order valence-electron chi connectivity index (χ4n) is 1.46. The predicted octanol–water partition coefficient (Wildman–Crippen LogP) is 3.76. The van der Waals surface area contributed by atoms with E-state index in [2.05, 4.69) is 3.77 Å². The minimum absolute atomic E-state index is 0.400. The van der Waals surface area contributed by atoms with Gasteiger partial charge in [0.05, 0.1) is 0 Å². The van der Waals surface area contributed by atoms with Crippen molar-refractivity contribution in [3.05, 3.63) is 60.7 Å². The van der Waals surface area contributed by atoms with Crippen molar-refractivity contribution < 1.29 is 21.6 Å². The zero-order chi connectivity index (χ0) is 15.5. The van der Waals surface area contributed by atoms with E-state index < -0.39 is 26.2 Å². The fraction of sp³-hybridized carbons (Fsp3) is 0.0769. The van der Waals surface area contributed by atoms with Crippen LogP contribution in [0, 0.1) is 0 Å². The SMILES string of the molecule is O=S(=O)(N=S(c1ccccc1)c1ccccc1)C(F)(F)F. The molecule has 0 amide bonds. The standard InChI is InChI=1S/C13H10F3NO2S2/c14-13(15,16)21(18,19)17-20(11-7-3-1-4-8-11)12-9-5-2-6-10-12/h1-10H. The Morgan fingerprint density at radius 1 is 0.810 bits per heavy atom. The highest BCUT2D eigenvalue weighted by molar-refractivity contribution is 8.00. The molecule has 0 aromatic heterocycles. The van der Waals surface area contributed by atoms with Crippen molar-refractivity contribution in [2.24, 2.45) is 3.77 Å². The molecule has 2 aromatic carbocycles. The number of hydrogen-bond acceptors (Lipinski definition) is 2. The van der Waals surface area contributed by atoms with Crippen LogP contribution in [0.5, 0.6) is 0 Å². The van der Waals surface area contributed by atoms with Crippen LogP contribution >= 0.6 is 0 Å². The summed E-state index contributed by atoms with van der Waals surface area (Å²) in [4.78, 5) is 0.799. The smallest absolute Gasteiger partial charge is 0.194 e. The Morgan fingerprint density at radius 2 is 1.19 bits per heavy atom. The molecule has 0 aliphatic rings. The summed E-state index contributed by atoms with van der Waals surface area (Å²) in [5, 5.41) is 0. The average molecular weight is 333 g/mol. The van der Waals surface area contributed by atoms with Crippen LogP contribution in [0.4, 0.5) is 13.2 Å². The number of hydrogen-bond donors (Lipinski definition) is 0. The summed E-state index contributed by atoms with van der Waals surface area (Å²) < 4.78 is 63.4. The first-order valence-corrected chi connectivity index (χ1v) is 8.32. The van der Waals surface area contributed by atoms with E-state index in [1.54, 1.807) is 60.7 Å². The molecule has 2 aromatic rings. The van der Waals surface area contributed by atoms with Crippen molar-refractivity contribution in [2.75, 3.05) is 0 Å². The Kier molecular flexibility index (Phi) is 4.48. The van der Waals surface area contributed by atoms with Gasteiger partial charge in [-0.15, -0.1) is 3.77 Å². The summed E-state index contributed by atoms with van der Waals surface area (Å²) in [6, 6.07) is 16.0. The quantitative estimate of drug-likeness (QED) is 0.859. The highest BCUT2D eigenvalue weighted by Crippen LogP contribution is 2.28. The maximum Gasteiger partial charge on any atom is 0.519 e. The molecule has 0 radical (unpaired) electrons. The lowest BCUT2D eigenvalue weighted by Crippen LogP contribution is -2.21. The summed E-state index contributed by atoms with van der Waals surface area (Å²) in [5.74, 6) is 0. The first-order chi connectivity index (χ1) is 9.81. The van der Waals surface area contributed by atoms with E-state index in [4.69, 9.17) is 0 Å². The third-order valence-electron chi connectivity index (χ3n) is 2.40. The average Bonchev–Trinajstić information content (AvgIpc) is 2.45. The van der Waals surface area contributed by atoms with Crippen LogP contribution in [-0.4, -0.2) is 13.9 Å². The fourth-order valence-corrected chi connectivity index (χ4v) is 4.37. The van der Waals surface area contributed by atoms with Gasteiger partial charge in [0.15, 0.2) is 0 Å². The monoisotopic (exact) mass is 333 g/mol. The minimum Gasteiger partial charge on any atom is -0.194 e. The highest BCUT2D eigenvalue weighted by atomic mass is 32.3. The first kappa shape index (κ1) is 15.7. The van der Waals surface area contributed by atoms with Gasteiger partial charge in [-0.05, 0) is 35.0 Å². The molecule has 0 spiro atoms. The van der Waals surface area contributed by atoms with Gasteiger partial charge in [0.2, 0.25) is 0 Å². The minimum atomic E-state index is -5.56. The van der Waals surface area contributed by atoms with Crippen molar-refractivity contribution in [1.82, 2.24) is 0 Å². The van der Waals surface area contributed by atoms with Crippen molar-refractivity contribution in [3.63, 3.8) is 0 Å². The zero-order valence-electron chi connectivity index (χ0n) is 10.5. The van der Waals surface area contributed by atoms with Gasteiger partial charge >= 0.3 is 15.5 Å². The molecule has 0 N–H and O–H groups in total. The molecule has 3 nitrogen and oxygen atoms in total. The van der Waals surface area contributed by atoms with Gasteiger partial charge in [-0.25, -0.2) is 0 Å². The van der Waals surface area contributed by atoms with E-state index in [9.17, 15) is 21.6 Å². The second-order valence-electron chi connectivity index (χ2n) is 3.91. The van der Waals surface area contributed by atoms with Crippen LogP contribution in [0.1, 0.15) is 0 Å². The van der Waals surface area contributed by atoms with Crippen molar-refractivity contribution in [2.45, 2.75) is 15.3 Å². The number of alkyl halides is 3. The largest absolute Gasteiger partial charge is 0.519 e. The highest BCUT2D eigenvalue weighted by Gasteiger charge is 2.46. The molecule has 112 valence electrons. The second-order valence-corrected chi connectivity index (χ2v) is 7.43. The normalized spacial score (nSPS) is 12.4. The lowest BCUT2D eigenvalue weighted by molar-refractivity contribution is -0.0434. The summed E-state index contributed by atoms with van der Waals surface area (Å²) in [5.41, 5.74) is -5.40. The molecule has 0 saturated heterocycles. The first-order valence-electron chi connectivity index (χ1n) is 5.70. The molecular formula is C13H10F3NO2S2. The molecule has 0 heterocycles. The van der Waals surface area contributed by atoms with Gasteiger partial charge in [0.1, 0.15) is 0 Å². The molecule has 0 bridgehead atoms. The molecule has 0 aliphatic heterocycles. The molecular weight excluding hydrogens is 323 g/mol. The van der Waals surface area contributed by atoms with Crippen molar-refractivity contribution in [3.8, 4) is 0 Å². The molecule has 0 fully saturated rings. The number of nitrogens with zero attached hydrogens (tertiary/aromatic N) is 1. The zero-order valence-corrected chi connectivity index (χ0v) is 12.1. The predicted molar refractivity (Wildman–Crippen MR) is 74.2 cm³/mol. The van der Waals surface area contributed by atoms with E-state index in [1.807, 2.05) is 0 Å². The Morgan fingerprint density at radius 3 is 1.52 bits per heavy atom. The van der Waals surface area contributed by atoms with Gasteiger partial charge in [0.25, 0.3) is 0 Å². The Bertz CT molecular complexity index is 700. The Hall–Kier alpha value is -1.67. The molecule has 0 aliphatic carbocycles. The van der Waals surface area contributed by atoms with Crippen LogP contribution < -0.4 is 0 Å². The topological polar surface area (TPSA) is 46.5 Å². The van der Waals surface area contributed by atoms with Crippen molar-refractivity contribution in [1.29, 1.82) is 0 Å². The van der Waals surface area contributed by atoms with Crippen LogP contribution in [0.25, 0.3) is 0 Å². The summed E-state index contributed by atoms with van der Waals surface area (Å²) in [6.45, 7) is 0. The van der Waals surface area contributed by atoms with Crippen LogP contribution in [-0.2, 0) is 20.7 Å². The van der Waals surface area contributed by atoms with Crippen LogP contribution in [0.2, 0.25) is 0 Å². The molecule has 8 heteroatoms. The van der Waals surface area contributed by atoms with E-state index >= 15 is 0 Å². The van der Waals surface area contributed by atoms with Crippen LogP contribution in [0.3, 0.4) is 0 Å². The summed E-state index contributed by atoms with van der Waals surface area (Å²) in [7, 11) is -7.11. The molecule has 0 saturated carbocycles. The Labute approximate surface area is 122 Å². The van der Waals surface area contributed by atoms with Crippen molar-refractivity contribution >= 4 is 20.7 Å². The van der Waals surface area contributed by atoms with E-state index in [0.717, 1.165) is 0 Å². The third-order valence-corrected chi connectivity index (χ3v) is 5.80. The number of benzene rings is 2. The maximum absolute atomic E-state index is 12.5. The van der Waals surface area contributed by atoms with E-state index in [1.165, 1.54) is 0 Å². The summed E-state index contributed by atoms with van der Waals surface area (Å²) >= 11 is 0. The Balaban J connectivity index is 2.64. The lowest BCUT2D eigenvalue weighted by atomic mass is 10.4. The molecule has 0 unspecified atom stereocenters. The third kappa shape index (κ3) is 3.70. The molecule has 21 heavy (non-hydrogen) atoms. The van der Waals surface area contributed by atoms with Gasteiger partial charge in [-0.2, -0.15) is 21.6 Å². The van der Waals surface area contributed by atoms with Gasteiger partial charge in [0, 0.05) is 9.79 Å². The summed E-state index contributed by atoms with van der Waals surface area (Å²) in [6.07, 6.45) is 0. The van der Waals surface area contributed by atoms with Gasteiger partial charge < -0.3 is 0 Å². The molecule has 0 atom stereocenters. The number of rotatable bonds is 3. The number of sulfonamides is 1. The van der Waals surface area contributed by atoms with Gasteiger partial charge in [-0.1, -0.05) is 36.4 Å².